The largest absolute Gasteiger partial charge is 0.481 e. The summed E-state index contributed by atoms with van der Waals surface area (Å²) in [5.74, 6) is 1.16. The van der Waals surface area contributed by atoms with Crippen molar-refractivity contribution in [3.05, 3.63) is 40.6 Å². The third kappa shape index (κ3) is 3.62. The number of hydrogen-bond donors (Lipinski definition) is 2. The summed E-state index contributed by atoms with van der Waals surface area (Å²) >= 11 is 0. The van der Waals surface area contributed by atoms with Crippen LogP contribution in [0, 0.1) is 0 Å². The number of methoxy groups -OCH3 is 1. The second kappa shape index (κ2) is 7.59. The van der Waals surface area contributed by atoms with Crippen molar-refractivity contribution in [2.45, 2.75) is 45.6 Å². The number of aliphatic imine (C=N–C) groups is 1. The van der Waals surface area contributed by atoms with Gasteiger partial charge in [0.25, 0.3) is 0 Å². The smallest absolute Gasteiger partial charge is 0.216 e. The lowest BCUT2D eigenvalue weighted by Crippen LogP contribution is -2.24. The molecule has 0 aliphatic heterocycles. The summed E-state index contributed by atoms with van der Waals surface area (Å²) < 4.78 is 7.20. The molecular weight excluding hydrogens is 314 g/mol. The molecule has 2 aromatic rings. The Morgan fingerprint density at radius 1 is 1.36 bits per heavy atom. The van der Waals surface area contributed by atoms with Gasteiger partial charge in [-0.25, -0.2) is 9.67 Å². The van der Waals surface area contributed by atoms with Crippen LogP contribution >= 0.6 is 0 Å². The lowest BCUT2D eigenvalue weighted by molar-refractivity contribution is 0.369. The highest BCUT2D eigenvalue weighted by Gasteiger charge is 2.16. The van der Waals surface area contributed by atoms with E-state index in [1.165, 1.54) is 24.0 Å². The van der Waals surface area contributed by atoms with Crippen molar-refractivity contribution in [3.63, 3.8) is 0 Å². The van der Waals surface area contributed by atoms with Gasteiger partial charge in [-0.15, -0.1) is 0 Å². The van der Waals surface area contributed by atoms with E-state index in [-0.39, 0.29) is 0 Å². The molecule has 0 atom stereocenters. The summed E-state index contributed by atoms with van der Waals surface area (Å²) in [5.41, 5.74) is 12.0. The van der Waals surface area contributed by atoms with Crippen molar-refractivity contribution in [1.82, 2.24) is 9.78 Å². The molecule has 0 fully saturated rings. The second-order valence-electron chi connectivity index (χ2n) is 6.39. The van der Waals surface area contributed by atoms with E-state index in [9.17, 15) is 0 Å². The minimum Gasteiger partial charge on any atom is -0.481 e. The number of fused-ring (bicyclic) bond motifs is 1. The molecule has 6 heteroatoms. The van der Waals surface area contributed by atoms with Gasteiger partial charge in [0.2, 0.25) is 5.88 Å². The number of nitrogens with one attached hydrogen (secondary N) is 1. The molecule has 0 saturated carbocycles. The number of aryl methyl sites for hydroxylation is 3. The van der Waals surface area contributed by atoms with E-state index >= 15 is 0 Å². The first-order valence-electron chi connectivity index (χ1n) is 8.90. The molecular formula is C19H27N5O. The van der Waals surface area contributed by atoms with Crippen LogP contribution < -0.4 is 15.8 Å². The lowest BCUT2D eigenvalue weighted by atomic mass is 9.90. The van der Waals surface area contributed by atoms with Gasteiger partial charge in [-0.1, -0.05) is 19.1 Å². The van der Waals surface area contributed by atoms with E-state index in [1.54, 1.807) is 11.8 Å². The first kappa shape index (κ1) is 17.3. The molecule has 0 amide bonds. The highest BCUT2D eigenvalue weighted by atomic mass is 16.5. The van der Waals surface area contributed by atoms with Crippen LogP contribution in [0.2, 0.25) is 0 Å². The Balaban J connectivity index is 1.78. The first-order chi connectivity index (χ1) is 12.1. The fraction of sp³-hybridized carbons (Fsp3) is 0.474. The van der Waals surface area contributed by atoms with E-state index in [2.05, 4.69) is 40.5 Å². The molecule has 0 spiro atoms. The Kier molecular flexibility index (Phi) is 5.26. The van der Waals surface area contributed by atoms with Crippen molar-refractivity contribution < 1.29 is 4.74 Å². The van der Waals surface area contributed by atoms with E-state index < -0.39 is 0 Å². The predicted molar refractivity (Wildman–Crippen MR) is 101 cm³/mol. The Morgan fingerprint density at radius 2 is 2.16 bits per heavy atom. The highest BCUT2D eigenvalue weighted by molar-refractivity contribution is 5.93. The molecule has 1 aromatic heterocycles. The molecule has 0 radical (unpaired) electrons. The van der Waals surface area contributed by atoms with Gasteiger partial charge in [0.05, 0.1) is 24.9 Å². The molecule has 134 valence electrons. The third-order valence-electron chi connectivity index (χ3n) is 4.77. The predicted octanol–water partition coefficient (Wildman–Crippen LogP) is 2.80. The van der Waals surface area contributed by atoms with Crippen LogP contribution in [0.25, 0.3) is 0 Å². The van der Waals surface area contributed by atoms with Crippen molar-refractivity contribution in [3.8, 4) is 5.88 Å². The third-order valence-corrected chi connectivity index (χ3v) is 4.77. The summed E-state index contributed by atoms with van der Waals surface area (Å²) in [4.78, 5) is 4.52. The first-order valence-corrected chi connectivity index (χ1v) is 8.90. The molecule has 3 rings (SSSR count). The Labute approximate surface area is 149 Å². The summed E-state index contributed by atoms with van der Waals surface area (Å²) in [6.45, 7) is 2.53. The van der Waals surface area contributed by atoms with Crippen LogP contribution in [0.1, 0.15) is 42.1 Å². The van der Waals surface area contributed by atoms with Gasteiger partial charge in [0, 0.05) is 12.7 Å². The number of hydrogen-bond acceptors (Lipinski definition) is 3. The maximum absolute atomic E-state index is 6.15. The molecule has 0 bridgehead atoms. The Hall–Kier alpha value is -2.50. The standard InChI is InChI=1S/C19H27N5O/c1-4-16-15(18(25-3)24(2)23-16)12-21-19(20)22-17-11-7-9-13-8-5-6-10-14(13)17/h7,9,11H,4-6,8,10,12H2,1-3H3,(H3,20,21,22). The van der Waals surface area contributed by atoms with Crippen molar-refractivity contribution in [2.24, 2.45) is 17.8 Å². The maximum Gasteiger partial charge on any atom is 0.216 e. The van der Waals surface area contributed by atoms with Crippen molar-refractivity contribution in [2.75, 3.05) is 12.4 Å². The summed E-state index contributed by atoms with van der Waals surface area (Å²) in [6.07, 6.45) is 5.58. The zero-order chi connectivity index (χ0) is 17.8. The van der Waals surface area contributed by atoms with Crippen molar-refractivity contribution in [1.29, 1.82) is 0 Å². The monoisotopic (exact) mass is 341 g/mol. The van der Waals surface area contributed by atoms with Gasteiger partial charge in [-0.05, 0) is 49.3 Å². The van der Waals surface area contributed by atoms with Gasteiger partial charge in [0.15, 0.2) is 5.96 Å². The van der Waals surface area contributed by atoms with Crippen LogP contribution in [0.3, 0.4) is 0 Å². The molecule has 0 saturated heterocycles. The minimum absolute atomic E-state index is 0.423. The van der Waals surface area contributed by atoms with Gasteiger partial charge < -0.3 is 15.8 Å². The molecule has 6 nitrogen and oxygen atoms in total. The van der Waals surface area contributed by atoms with Crippen LogP contribution in [-0.2, 0) is 32.9 Å². The quantitative estimate of drug-likeness (QED) is 0.647. The van der Waals surface area contributed by atoms with Crippen LogP contribution in [0.15, 0.2) is 23.2 Å². The SMILES string of the molecule is CCc1nn(C)c(OC)c1CN=C(N)Nc1cccc2c1CCCC2. The number of benzene rings is 1. The average Bonchev–Trinajstić information content (AvgIpc) is 2.95. The molecule has 1 heterocycles. The number of anilines is 1. The summed E-state index contributed by atoms with van der Waals surface area (Å²) in [7, 11) is 3.53. The topological polar surface area (TPSA) is 77.5 Å². The average molecular weight is 341 g/mol. The highest BCUT2D eigenvalue weighted by Crippen LogP contribution is 2.28. The zero-order valence-corrected chi connectivity index (χ0v) is 15.3. The molecule has 1 aromatic carbocycles. The van der Waals surface area contributed by atoms with Crippen molar-refractivity contribution >= 4 is 11.6 Å². The number of nitrogens with zero attached hydrogens (tertiary/aromatic N) is 3. The van der Waals surface area contributed by atoms with Gasteiger partial charge in [-0.3, -0.25) is 0 Å². The van der Waals surface area contributed by atoms with E-state index in [1.807, 2.05) is 7.05 Å². The van der Waals surface area contributed by atoms with E-state index in [4.69, 9.17) is 10.5 Å². The molecule has 0 unspecified atom stereocenters. The van der Waals surface area contributed by atoms with E-state index in [0.717, 1.165) is 42.1 Å². The normalized spacial score (nSPS) is 14.3. The number of ether oxygens (including phenoxy) is 1. The van der Waals surface area contributed by atoms with Crippen LogP contribution in [0.5, 0.6) is 5.88 Å². The van der Waals surface area contributed by atoms with Gasteiger partial charge in [0.1, 0.15) is 0 Å². The fourth-order valence-corrected chi connectivity index (χ4v) is 3.54. The van der Waals surface area contributed by atoms with Gasteiger partial charge >= 0.3 is 0 Å². The van der Waals surface area contributed by atoms with Gasteiger partial charge in [-0.2, -0.15) is 5.10 Å². The number of guanidine groups is 1. The molecule has 1 aliphatic rings. The molecule has 3 N–H and O–H groups in total. The summed E-state index contributed by atoms with van der Waals surface area (Å²) in [5, 5.41) is 7.76. The summed E-state index contributed by atoms with van der Waals surface area (Å²) in [6, 6.07) is 6.37. The Bertz CT molecular complexity index is 778. The second-order valence-corrected chi connectivity index (χ2v) is 6.39. The maximum atomic E-state index is 6.15. The lowest BCUT2D eigenvalue weighted by Gasteiger charge is -2.19. The number of nitrogens with two attached hydrogens (primary N) is 1. The number of aromatic nitrogens is 2. The molecule has 25 heavy (non-hydrogen) atoms. The van der Waals surface area contributed by atoms with E-state index in [0.29, 0.717) is 12.5 Å². The number of rotatable bonds is 5. The minimum atomic E-state index is 0.423. The zero-order valence-electron chi connectivity index (χ0n) is 15.3. The van der Waals surface area contributed by atoms with Crippen LogP contribution in [-0.4, -0.2) is 22.8 Å². The fourth-order valence-electron chi connectivity index (χ4n) is 3.54. The van der Waals surface area contributed by atoms with Crippen LogP contribution in [0.4, 0.5) is 5.69 Å². The molecule has 1 aliphatic carbocycles. The Morgan fingerprint density at radius 3 is 2.92 bits per heavy atom.